The first-order chi connectivity index (χ1) is 9.11. The number of piperidine rings is 1. The minimum atomic E-state index is 0.493. The molecule has 0 radical (unpaired) electrons. The average molecular weight is 297 g/mol. The molecule has 2 heterocycles. The highest BCUT2D eigenvalue weighted by Gasteiger charge is 2.19. The number of likely N-dealkylation sites (tertiary alicyclic amines) is 1. The largest absolute Gasteiger partial charge is 0.389 e. The Kier molecular flexibility index (Phi) is 5.30. The quantitative estimate of drug-likeness (QED) is 0.849. The van der Waals surface area contributed by atoms with Crippen LogP contribution in [0.5, 0.6) is 0 Å². The predicted octanol–water partition coefficient (Wildman–Crippen LogP) is 2.76. The van der Waals surface area contributed by atoms with Crippen molar-refractivity contribution in [1.82, 2.24) is 9.88 Å². The molecule has 106 valence electrons. The van der Waals surface area contributed by atoms with E-state index in [4.69, 9.17) is 18.0 Å². The van der Waals surface area contributed by atoms with Gasteiger partial charge in [-0.2, -0.15) is 0 Å². The Balaban J connectivity index is 1.97. The number of rotatable bonds is 5. The van der Waals surface area contributed by atoms with Crippen LogP contribution in [0, 0.1) is 0 Å². The fraction of sp³-hybridized carbons (Fsp3) is 0.714. The van der Waals surface area contributed by atoms with Gasteiger partial charge in [-0.05, 0) is 32.7 Å². The van der Waals surface area contributed by atoms with E-state index >= 15 is 0 Å². The van der Waals surface area contributed by atoms with E-state index in [2.05, 4.69) is 23.7 Å². The molecule has 1 unspecified atom stereocenters. The lowest BCUT2D eigenvalue weighted by atomic mass is 10.0. The van der Waals surface area contributed by atoms with Crippen LogP contribution in [-0.4, -0.2) is 34.0 Å². The third-order valence-electron chi connectivity index (χ3n) is 3.85. The third kappa shape index (κ3) is 3.74. The number of aryl methyl sites for hydroxylation is 1. The first-order valence-corrected chi connectivity index (χ1v) is 8.36. The van der Waals surface area contributed by atoms with Gasteiger partial charge in [0.2, 0.25) is 0 Å². The molecule has 1 atom stereocenters. The van der Waals surface area contributed by atoms with Gasteiger partial charge in [-0.15, -0.1) is 11.3 Å². The molecule has 1 aliphatic rings. The highest BCUT2D eigenvalue weighted by Crippen LogP contribution is 2.21. The zero-order valence-electron chi connectivity index (χ0n) is 11.8. The van der Waals surface area contributed by atoms with Gasteiger partial charge in [0.15, 0.2) is 0 Å². The van der Waals surface area contributed by atoms with Crippen molar-refractivity contribution in [3.8, 4) is 0 Å². The second-order valence-corrected chi connectivity index (χ2v) is 6.76. The van der Waals surface area contributed by atoms with Crippen LogP contribution < -0.4 is 5.73 Å². The standard InChI is InChI=1S/C14H23N3S2/c1-3-11-13(14(15)18)19-12(16-11)7-9-17-8-5-4-6-10(17)2/h10H,3-9H2,1-2H3,(H2,15,18). The SMILES string of the molecule is CCc1nc(CCN2CCCCC2C)sc1C(N)=S. The number of hydrogen-bond acceptors (Lipinski definition) is 4. The Morgan fingerprint density at radius 3 is 2.89 bits per heavy atom. The van der Waals surface area contributed by atoms with Crippen molar-refractivity contribution in [2.75, 3.05) is 13.1 Å². The van der Waals surface area contributed by atoms with Crippen molar-refractivity contribution >= 4 is 28.5 Å². The summed E-state index contributed by atoms with van der Waals surface area (Å²) in [5.74, 6) is 0. The Hall–Kier alpha value is -0.520. The lowest BCUT2D eigenvalue weighted by molar-refractivity contribution is 0.163. The van der Waals surface area contributed by atoms with Gasteiger partial charge in [-0.3, -0.25) is 0 Å². The summed E-state index contributed by atoms with van der Waals surface area (Å²) in [6, 6.07) is 0.717. The van der Waals surface area contributed by atoms with E-state index in [0.29, 0.717) is 4.99 Å². The van der Waals surface area contributed by atoms with Gasteiger partial charge in [0.25, 0.3) is 0 Å². The van der Waals surface area contributed by atoms with Crippen molar-refractivity contribution < 1.29 is 0 Å². The van der Waals surface area contributed by atoms with Crippen molar-refractivity contribution in [3.63, 3.8) is 0 Å². The molecule has 0 aliphatic carbocycles. The van der Waals surface area contributed by atoms with E-state index in [0.717, 1.165) is 36.0 Å². The Morgan fingerprint density at radius 2 is 2.32 bits per heavy atom. The number of thiocarbonyl (C=S) groups is 1. The summed E-state index contributed by atoms with van der Waals surface area (Å²) in [5, 5.41) is 1.18. The molecule has 0 bridgehead atoms. The third-order valence-corrected chi connectivity index (χ3v) is 5.38. The van der Waals surface area contributed by atoms with E-state index in [9.17, 15) is 0 Å². The van der Waals surface area contributed by atoms with E-state index in [1.165, 1.54) is 30.8 Å². The molecule has 1 aliphatic heterocycles. The molecule has 2 N–H and O–H groups in total. The molecular weight excluding hydrogens is 274 g/mol. The zero-order chi connectivity index (χ0) is 13.8. The Morgan fingerprint density at radius 1 is 1.53 bits per heavy atom. The predicted molar refractivity (Wildman–Crippen MR) is 86.0 cm³/mol. The average Bonchev–Trinajstić information content (AvgIpc) is 2.81. The molecule has 1 aromatic heterocycles. The van der Waals surface area contributed by atoms with E-state index in [-0.39, 0.29) is 0 Å². The highest BCUT2D eigenvalue weighted by atomic mass is 32.1. The van der Waals surface area contributed by atoms with Gasteiger partial charge in [0.1, 0.15) is 4.99 Å². The van der Waals surface area contributed by atoms with Crippen LogP contribution in [-0.2, 0) is 12.8 Å². The number of aromatic nitrogens is 1. The zero-order valence-corrected chi connectivity index (χ0v) is 13.4. The molecule has 5 heteroatoms. The van der Waals surface area contributed by atoms with Crippen molar-refractivity contribution in [2.24, 2.45) is 5.73 Å². The normalized spacial score (nSPS) is 20.6. The van der Waals surface area contributed by atoms with E-state index < -0.39 is 0 Å². The molecule has 1 fully saturated rings. The summed E-state index contributed by atoms with van der Waals surface area (Å²) in [6.07, 6.45) is 5.96. The van der Waals surface area contributed by atoms with Gasteiger partial charge in [0.05, 0.1) is 15.6 Å². The smallest absolute Gasteiger partial charge is 0.116 e. The van der Waals surface area contributed by atoms with Crippen molar-refractivity contribution in [1.29, 1.82) is 0 Å². The number of hydrogen-bond donors (Lipinski definition) is 1. The van der Waals surface area contributed by atoms with Crippen LogP contribution in [0.4, 0.5) is 0 Å². The summed E-state index contributed by atoms with van der Waals surface area (Å²) in [5.41, 5.74) is 6.82. The van der Waals surface area contributed by atoms with Gasteiger partial charge in [-0.1, -0.05) is 25.6 Å². The summed E-state index contributed by atoms with van der Waals surface area (Å²) < 4.78 is 0. The van der Waals surface area contributed by atoms with E-state index in [1.54, 1.807) is 11.3 Å². The van der Waals surface area contributed by atoms with Crippen molar-refractivity contribution in [3.05, 3.63) is 15.6 Å². The molecule has 0 aromatic carbocycles. The molecule has 0 saturated carbocycles. The van der Waals surface area contributed by atoms with Gasteiger partial charge in [-0.25, -0.2) is 4.98 Å². The van der Waals surface area contributed by atoms with Gasteiger partial charge in [0, 0.05) is 19.0 Å². The molecule has 3 nitrogen and oxygen atoms in total. The molecular formula is C14H23N3S2. The fourth-order valence-electron chi connectivity index (χ4n) is 2.67. The summed E-state index contributed by atoms with van der Waals surface area (Å²) in [4.78, 5) is 8.77. The number of nitrogens with two attached hydrogens (primary N) is 1. The monoisotopic (exact) mass is 297 g/mol. The minimum absolute atomic E-state index is 0.493. The van der Waals surface area contributed by atoms with Crippen LogP contribution in [0.3, 0.4) is 0 Å². The molecule has 0 amide bonds. The van der Waals surface area contributed by atoms with Crippen molar-refractivity contribution in [2.45, 2.75) is 52.0 Å². The summed E-state index contributed by atoms with van der Waals surface area (Å²) in [6.45, 7) is 6.77. The second kappa shape index (κ2) is 6.77. The van der Waals surface area contributed by atoms with Gasteiger partial charge < -0.3 is 10.6 Å². The Bertz CT molecular complexity index is 442. The molecule has 19 heavy (non-hydrogen) atoms. The Labute approximate surface area is 125 Å². The van der Waals surface area contributed by atoms with Crippen LogP contribution in [0.25, 0.3) is 0 Å². The molecule has 0 spiro atoms. The van der Waals surface area contributed by atoms with E-state index in [1.807, 2.05) is 0 Å². The van der Waals surface area contributed by atoms with Crippen LogP contribution in [0.1, 0.15) is 48.7 Å². The highest BCUT2D eigenvalue weighted by molar-refractivity contribution is 7.81. The lowest BCUT2D eigenvalue weighted by Gasteiger charge is -2.33. The summed E-state index contributed by atoms with van der Waals surface area (Å²) >= 11 is 6.77. The maximum atomic E-state index is 5.76. The lowest BCUT2D eigenvalue weighted by Crippen LogP contribution is -2.38. The first-order valence-electron chi connectivity index (χ1n) is 7.14. The first kappa shape index (κ1) is 14.9. The molecule has 2 rings (SSSR count). The second-order valence-electron chi connectivity index (χ2n) is 5.23. The number of thiazole rings is 1. The van der Waals surface area contributed by atoms with Crippen LogP contribution in [0.15, 0.2) is 0 Å². The number of nitrogens with zero attached hydrogens (tertiary/aromatic N) is 2. The molecule has 1 saturated heterocycles. The van der Waals surface area contributed by atoms with Gasteiger partial charge >= 0.3 is 0 Å². The molecule has 1 aromatic rings. The maximum absolute atomic E-state index is 5.76. The summed E-state index contributed by atoms with van der Waals surface area (Å²) in [7, 11) is 0. The minimum Gasteiger partial charge on any atom is -0.389 e. The fourth-order valence-corrected chi connectivity index (χ4v) is 3.90. The van der Waals surface area contributed by atoms with Crippen LogP contribution in [0.2, 0.25) is 0 Å². The van der Waals surface area contributed by atoms with Crippen LogP contribution >= 0.6 is 23.6 Å². The maximum Gasteiger partial charge on any atom is 0.116 e. The topological polar surface area (TPSA) is 42.2 Å².